The van der Waals surface area contributed by atoms with Gasteiger partial charge in [0.15, 0.2) is 5.78 Å². The lowest BCUT2D eigenvalue weighted by molar-refractivity contribution is -0.125. The molecule has 3 aromatic rings. The maximum atomic E-state index is 13.3. The molecule has 0 radical (unpaired) electrons. The molecule has 2 aliphatic rings. The fourth-order valence-electron chi connectivity index (χ4n) is 4.78. The molecule has 0 amide bonds. The molecule has 1 aliphatic carbocycles. The summed E-state index contributed by atoms with van der Waals surface area (Å²) in [4.78, 5) is 18.1. The van der Waals surface area contributed by atoms with Crippen LogP contribution in [-0.2, 0) is 10.2 Å². The summed E-state index contributed by atoms with van der Waals surface area (Å²) in [7, 11) is 0. The van der Waals surface area contributed by atoms with Gasteiger partial charge in [-0.05, 0) is 36.5 Å². The van der Waals surface area contributed by atoms with E-state index in [-0.39, 0.29) is 11.8 Å². The molecule has 1 aliphatic heterocycles. The average molecular weight is 343 g/mol. The normalized spacial score (nSPS) is 24.3. The number of Topliss-reactive ketones (excluding diaryl/α,β-unsaturated/α-hetero) is 1. The molecular weight excluding hydrogens is 322 g/mol. The lowest BCUT2D eigenvalue weighted by Crippen LogP contribution is -2.46. The van der Waals surface area contributed by atoms with E-state index in [0.29, 0.717) is 6.42 Å². The van der Waals surface area contributed by atoms with Crippen molar-refractivity contribution in [2.45, 2.75) is 44.1 Å². The number of benzene rings is 2. The first-order valence-electron chi connectivity index (χ1n) is 9.33. The number of rotatable bonds is 1. The van der Waals surface area contributed by atoms with Gasteiger partial charge >= 0.3 is 0 Å². The van der Waals surface area contributed by atoms with Crippen molar-refractivity contribution in [2.24, 2.45) is 0 Å². The Kier molecular flexibility index (Phi) is 3.36. The van der Waals surface area contributed by atoms with E-state index in [4.69, 9.17) is 10.1 Å². The number of carbonyl (C=O) groups excluding carboxylic acids is 1. The van der Waals surface area contributed by atoms with Crippen LogP contribution in [0, 0.1) is 6.92 Å². The zero-order valence-corrected chi connectivity index (χ0v) is 14.9. The molecule has 1 aromatic heterocycles. The second-order valence-electron chi connectivity index (χ2n) is 7.36. The van der Waals surface area contributed by atoms with E-state index in [2.05, 4.69) is 42.5 Å². The van der Waals surface area contributed by atoms with Crippen molar-refractivity contribution in [2.75, 3.05) is 0 Å². The number of aryl methyl sites for hydroxylation is 1. The first kappa shape index (κ1) is 15.5. The summed E-state index contributed by atoms with van der Waals surface area (Å²) in [6, 6.07) is 18.7. The van der Waals surface area contributed by atoms with Gasteiger partial charge in [-0.2, -0.15) is 5.10 Å². The van der Waals surface area contributed by atoms with Crippen LogP contribution in [0.5, 0.6) is 0 Å². The molecule has 2 aromatic carbocycles. The minimum Gasteiger partial charge on any atom is -0.298 e. The predicted molar refractivity (Wildman–Crippen MR) is 99.1 cm³/mol. The summed E-state index contributed by atoms with van der Waals surface area (Å²) in [5.41, 5.74) is 2.83. The zero-order chi connectivity index (χ0) is 17.7. The minimum atomic E-state index is -0.638. The van der Waals surface area contributed by atoms with Crippen LogP contribution < -0.4 is 0 Å². The summed E-state index contributed by atoms with van der Waals surface area (Å²) in [6.07, 6.45) is 3.46. The summed E-state index contributed by atoms with van der Waals surface area (Å²) < 4.78 is 2.01. The standard InChI is InChI=1S/C22H21N3O/c1-15-23-21-22(14-8-7-13-19(22)26)18-12-6-5-11-17(18)20(25(21)24-15)16-9-3-2-4-10-16/h2-6,9-12,20H,7-8,13-14H2,1H3/t20-,22-/m1/s1. The van der Waals surface area contributed by atoms with E-state index >= 15 is 0 Å². The molecule has 0 saturated heterocycles. The fraction of sp³-hybridized carbons (Fsp3) is 0.318. The quantitative estimate of drug-likeness (QED) is 0.672. The third-order valence-corrected chi connectivity index (χ3v) is 5.88. The highest BCUT2D eigenvalue weighted by Crippen LogP contribution is 2.49. The van der Waals surface area contributed by atoms with Crippen LogP contribution in [0.4, 0.5) is 0 Å². The van der Waals surface area contributed by atoms with E-state index in [1.165, 1.54) is 11.1 Å². The molecule has 130 valence electrons. The Morgan fingerprint density at radius 3 is 2.62 bits per heavy atom. The van der Waals surface area contributed by atoms with Gasteiger partial charge < -0.3 is 0 Å². The number of hydrogen-bond acceptors (Lipinski definition) is 3. The maximum absolute atomic E-state index is 13.3. The van der Waals surface area contributed by atoms with Crippen molar-refractivity contribution in [3.05, 3.63) is 82.9 Å². The third-order valence-electron chi connectivity index (χ3n) is 5.88. The molecule has 0 unspecified atom stereocenters. The Morgan fingerprint density at radius 2 is 1.81 bits per heavy atom. The molecule has 5 rings (SSSR count). The molecule has 4 nitrogen and oxygen atoms in total. The zero-order valence-electron chi connectivity index (χ0n) is 14.9. The van der Waals surface area contributed by atoms with Gasteiger partial charge in [0, 0.05) is 6.42 Å². The fourth-order valence-corrected chi connectivity index (χ4v) is 4.78. The third kappa shape index (κ3) is 1.99. The summed E-state index contributed by atoms with van der Waals surface area (Å²) in [5, 5.41) is 4.75. The monoisotopic (exact) mass is 343 g/mol. The van der Waals surface area contributed by atoms with Crippen molar-refractivity contribution >= 4 is 5.78 Å². The Bertz CT molecular complexity index is 992. The molecule has 4 heteroatoms. The summed E-state index contributed by atoms with van der Waals surface area (Å²) in [6.45, 7) is 1.92. The van der Waals surface area contributed by atoms with Crippen LogP contribution in [0.1, 0.15) is 60.1 Å². The maximum Gasteiger partial charge on any atom is 0.151 e. The lowest BCUT2D eigenvalue weighted by Gasteiger charge is -2.42. The number of carbonyl (C=O) groups is 1. The number of hydrogen-bond donors (Lipinski definition) is 0. The van der Waals surface area contributed by atoms with Crippen LogP contribution in [0.15, 0.2) is 54.6 Å². The van der Waals surface area contributed by atoms with Gasteiger partial charge in [0.1, 0.15) is 23.1 Å². The van der Waals surface area contributed by atoms with Gasteiger partial charge in [-0.1, -0.05) is 61.0 Å². The Labute approximate surface area is 152 Å². The first-order chi connectivity index (χ1) is 12.7. The van der Waals surface area contributed by atoms with Crippen LogP contribution in [0.2, 0.25) is 0 Å². The van der Waals surface area contributed by atoms with Gasteiger partial charge in [0.25, 0.3) is 0 Å². The molecular formula is C22H21N3O. The van der Waals surface area contributed by atoms with Crippen LogP contribution in [0.3, 0.4) is 0 Å². The Morgan fingerprint density at radius 1 is 1.04 bits per heavy atom. The van der Waals surface area contributed by atoms with E-state index in [1.807, 2.05) is 23.7 Å². The van der Waals surface area contributed by atoms with E-state index in [0.717, 1.165) is 36.5 Å². The highest BCUT2D eigenvalue weighted by atomic mass is 16.1. The highest BCUT2D eigenvalue weighted by molar-refractivity contribution is 5.94. The van der Waals surface area contributed by atoms with Gasteiger partial charge in [0.2, 0.25) is 0 Å². The molecule has 2 atom stereocenters. The Balaban J connectivity index is 1.84. The molecule has 1 spiro atoms. The SMILES string of the molecule is Cc1nc2n(n1)[C@H](c1ccccc1)c1ccccc1[C@@]21CCCCC1=O. The van der Waals surface area contributed by atoms with E-state index < -0.39 is 5.41 Å². The van der Waals surface area contributed by atoms with Crippen molar-refractivity contribution in [1.82, 2.24) is 14.8 Å². The molecule has 1 saturated carbocycles. The van der Waals surface area contributed by atoms with Gasteiger partial charge in [-0.3, -0.25) is 4.79 Å². The number of ketones is 1. The second-order valence-corrected chi connectivity index (χ2v) is 7.36. The largest absolute Gasteiger partial charge is 0.298 e. The molecule has 0 bridgehead atoms. The highest BCUT2D eigenvalue weighted by Gasteiger charge is 2.52. The predicted octanol–water partition coefficient (Wildman–Crippen LogP) is 3.97. The van der Waals surface area contributed by atoms with Crippen LogP contribution in [-0.4, -0.2) is 20.5 Å². The molecule has 0 N–H and O–H groups in total. The van der Waals surface area contributed by atoms with Crippen LogP contribution >= 0.6 is 0 Å². The van der Waals surface area contributed by atoms with Gasteiger partial charge in [-0.15, -0.1) is 0 Å². The molecule has 26 heavy (non-hydrogen) atoms. The molecule has 1 fully saturated rings. The van der Waals surface area contributed by atoms with Crippen molar-refractivity contribution in [3.63, 3.8) is 0 Å². The smallest absolute Gasteiger partial charge is 0.151 e. The Hall–Kier alpha value is -2.75. The van der Waals surface area contributed by atoms with Gasteiger partial charge in [0.05, 0.1) is 0 Å². The summed E-state index contributed by atoms with van der Waals surface area (Å²) >= 11 is 0. The minimum absolute atomic E-state index is 0.0380. The second kappa shape index (κ2) is 5.63. The van der Waals surface area contributed by atoms with Crippen molar-refractivity contribution < 1.29 is 4.79 Å². The van der Waals surface area contributed by atoms with Crippen LogP contribution in [0.25, 0.3) is 0 Å². The van der Waals surface area contributed by atoms with Crippen molar-refractivity contribution in [3.8, 4) is 0 Å². The van der Waals surface area contributed by atoms with E-state index in [1.54, 1.807) is 0 Å². The number of aromatic nitrogens is 3. The summed E-state index contributed by atoms with van der Waals surface area (Å²) in [5.74, 6) is 1.84. The molecule has 2 heterocycles. The lowest BCUT2D eigenvalue weighted by atomic mass is 9.64. The number of fused-ring (bicyclic) bond motifs is 4. The number of nitrogens with zero attached hydrogens (tertiary/aromatic N) is 3. The van der Waals surface area contributed by atoms with E-state index in [9.17, 15) is 4.79 Å². The van der Waals surface area contributed by atoms with Crippen molar-refractivity contribution in [1.29, 1.82) is 0 Å². The first-order valence-corrected chi connectivity index (χ1v) is 9.33. The average Bonchev–Trinajstić information content (AvgIpc) is 3.06. The van der Waals surface area contributed by atoms with Gasteiger partial charge in [-0.25, -0.2) is 9.67 Å². The topological polar surface area (TPSA) is 47.8 Å².